The van der Waals surface area contributed by atoms with Gasteiger partial charge in [0, 0.05) is 6.08 Å². The Balaban J connectivity index is 2.88. The van der Waals surface area contributed by atoms with Crippen molar-refractivity contribution in [2.45, 2.75) is 9.41 Å². The molecule has 0 nitrogen and oxygen atoms in total. The lowest BCUT2D eigenvalue weighted by atomic mass is 10.1. The molecule has 0 heterocycles. The lowest BCUT2D eigenvalue weighted by molar-refractivity contribution is 0.369. The first-order valence-electron chi connectivity index (χ1n) is 2.61. The molecule has 4 heteroatoms. The molecule has 0 fully saturated rings. The van der Waals surface area contributed by atoms with Gasteiger partial charge in [-0.2, -0.15) is 0 Å². The first-order valence-corrected chi connectivity index (χ1v) is 4.32. The SMILES string of the molecule is FC1=CC(F)(Br)C(Br)C=C1. The van der Waals surface area contributed by atoms with Gasteiger partial charge in [-0.3, -0.25) is 0 Å². The summed E-state index contributed by atoms with van der Waals surface area (Å²) in [5.74, 6) is -0.560. The van der Waals surface area contributed by atoms with E-state index < -0.39 is 15.2 Å². The van der Waals surface area contributed by atoms with E-state index in [-0.39, 0.29) is 0 Å². The average molecular weight is 274 g/mol. The zero-order valence-corrected chi connectivity index (χ0v) is 7.99. The van der Waals surface area contributed by atoms with Crippen LogP contribution in [-0.4, -0.2) is 9.41 Å². The fourth-order valence-electron chi connectivity index (χ4n) is 0.616. The van der Waals surface area contributed by atoms with Gasteiger partial charge in [0.15, 0.2) is 0 Å². The van der Waals surface area contributed by atoms with E-state index in [0.717, 1.165) is 6.08 Å². The van der Waals surface area contributed by atoms with Gasteiger partial charge in [-0.25, -0.2) is 8.78 Å². The summed E-state index contributed by atoms with van der Waals surface area (Å²) in [6, 6.07) is 0. The Hall–Kier alpha value is 0.300. The van der Waals surface area contributed by atoms with Crippen LogP contribution in [0.25, 0.3) is 0 Å². The number of allylic oxidation sites excluding steroid dienone is 4. The van der Waals surface area contributed by atoms with Gasteiger partial charge >= 0.3 is 0 Å². The zero-order chi connectivity index (χ0) is 7.78. The van der Waals surface area contributed by atoms with E-state index in [2.05, 4.69) is 31.9 Å². The molecule has 0 aromatic rings. The number of hydrogen-bond acceptors (Lipinski definition) is 0. The van der Waals surface area contributed by atoms with Crippen molar-refractivity contribution >= 4 is 31.9 Å². The number of alkyl halides is 3. The largest absolute Gasteiger partial charge is 0.225 e. The minimum absolute atomic E-state index is 0.500. The van der Waals surface area contributed by atoms with Crippen molar-refractivity contribution in [3.05, 3.63) is 24.1 Å². The Morgan fingerprint density at radius 1 is 1.60 bits per heavy atom. The summed E-state index contributed by atoms with van der Waals surface area (Å²) < 4.78 is 23.6. The van der Waals surface area contributed by atoms with Crippen LogP contribution in [0.3, 0.4) is 0 Å². The molecule has 10 heavy (non-hydrogen) atoms. The van der Waals surface area contributed by atoms with Crippen molar-refractivity contribution < 1.29 is 8.78 Å². The highest BCUT2D eigenvalue weighted by Gasteiger charge is 2.33. The number of rotatable bonds is 0. The predicted molar refractivity (Wildman–Crippen MR) is 43.8 cm³/mol. The summed E-state index contributed by atoms with van der Waals surface area (Å²) in [6.07, 6.45) is 3.51. The molecule has 1 aliphatic carbocycles. The van der Waals surface area contributed by atoms with Gasteiger partial charge < -0.3 is 0 Å². The average Bonchev–Trinajstić information content (AvgIpc) is 1.78. The van der Waals surface area contributed by atoms with Gasteiger partial charge in [0.2, 0.25) is 4.58 Å². The standard InChI is InChI=1S/C6H4Br2F2/c7-5-2-1-4(9)3-6(5,8)10/h1-3,5H. The Bertz CT molecular complexity index is 196. The highest BCUT2D eigenvalue weighted by molar-refractivity contribution is 9.12. The van der Waals surface area contributed by atoms with Crippen molar-refractivity contribution in [3.8, 4) is 0 Å². The van der Waals surface area contributed by atoms with Crippen LogP contribution in [0.2, 0.25) is 0 Å². The second-order valence-electron chi connectivity index (χ2n) is 1.96. The normalized spacial score (nSPS) is 39.6. The fraction of sp³-hybridized carbons (Fsp3) is 0.333. The molecule has 2 unspecified atom stereocenters. The van der Waals surface area contributed by atoms with Crippen molar-refractivity contribution in [3.63, 3.8) is 0 Å². The summed E-state index contributed by atoms with van der Waals surface area (Å²) >= 11 is 5.73. The van der Waals surface area contributed by atoms with Gasteiger partial charge in [0.05, 0.1) is 4.83 Å². The van der Waals surface area contributed by atoms with E-state index in [1.807, 2.05) is 0 Å². The van der Waals surface area contributed by atoms with Crippen LogP contribution in [0.15, 0.2) is 24.1 Å². The van der Waals surface area contributed by atoms with E-state index in [1.54, 1.807) is 0 Å². The predicted octanol–water partition coefficient (Wildman–Crippen LogP) is 3.23. The minimum atomic E-state index is -1.79. The molecule has 0 bridgehead atoms. The van der Waals surface area contributed by atoms with Crippen molar-refractivity contribution in [2.24, 2.45) is 0 Å². The molecule has 0 saturated carbocycles. The lowest BCUT2D eigenvalue weighted by Gasteiger charge is -2.20. The molecule has 0 aromatic carbocycles. The molecular formula is C6H4Br2F2. The number of hydrogen-bond donors (Lipinski definition) is 0. The third-order valence-corrected chi connectivity index (χ3v) is 3.43. The van der Waals surface area contributed by atoms with Gasteiger partial charge in [-0.1, -0.05) is 22.0 Å². The zero-order valence-electron chi connectivity index (χ0n) is 4.82. The topological polar surface area (TPSA) is 0 Å². The number of halogens is 4. The fourth-order valence-corrected chi connectivity index (χ4v) is 1.27. The van der Waals surface area contributed by atoms with E-state index >= 15 is 0 Å². The van der Waals surface area contributed by atoms with E-state index in [4.69, 9.17) is 0 Å². The third kappa shape index (κ3) is 1.66. The van der Waals surface area contributed by atoms with Crippen molar-refractivity contribution in [1.29, 1.82) is 0 Å². The van der Waals surface area contributed by atoms with Crippen LogP contribution in [0.4, 0.5) is 8.78 Å². The molecule has 2 atom stereocenters. The summed E-state index contributed by atoms with van der Waals surface area (Å²) in [4.78, 5) is -0.500. The Morgan fingerprint density at radius 2 is 2.20 bits per heavy atom. The maximum Gasteiger partial charge on any atom is 0.202 e. The maximum absolute atomic E-state index is 13.0. The second-order valence-corrected chi connectivity index (χ2v) is 4.17. The molecule has 0 radical (unpaired) electrons. The molecule has 1 aliphatic rings. The summed E-state index contributed by atoms with van der Waals surface area (Å²) in [5.41, 5.74) is 0. The molecule has 0 aliphatic heterocycles. The van der Waals surface area contributed by atoms with Crippen molar-refractivity contribution in [1.82, 2.24) is 0 Å². The van der Waals surface area contributed by atoms with Gasteiger partial charge in [0.25, 0.3) is 0 Å². The lowest BCUT2D eigenvalue weighted by Crippen LogP contribution is -2.24. The Kier molecular flexibility index (Phi) is 2.30. The first-order chi connectivity index (χ1) is 4.52. The van der Waals surface area contributed by atoms with Gasteiger partial charge in [-0.15, -0.1) is 0 Å². The molecule has 0 spiro atoms. The Morgan fingerprint density at radius 3 is 2.60 bits per heavy atom. The minimum Gasteiger partial charge on any atom is -0.225 e. The van der Waals surface area contributed by atoms with E-state index in [0.29, 0.717) is 0 Å². The summed E-state index contributed by atoms with van der Waals surface area (Å²) in [6.45, 7) is 0. The van der Waals surface area contributed by atoms with Crippen LogP contribution in [0.1, 0.15) is 0 Å². The monoisotopic (exact) mass is 272 g/mol. The van der Waals surface area contributed by atoms with E-state index in [1.165, 1.54) is 12.2 Å². The third-order valence-electron chi connectivity index (χ3n) is 1.12. The molecule has 0 saturated heterocycles. The van der Waals surface area contributed by atoms with E-state index in [9.17, 15) is 8.78 Å². The molecule has 1 rings (SSSR count). The van der Waals surface area contributed by atoms with Crippen LogP contribution in [0, 0.1) is 0 Å². The highest BCUT2D eigenvalue weighted by Crippen LogP contribution is 2.36. The molecule has 0 aromatic heterocycles. The van der Waals surface area contributed by atoms with Crippen LogP contribution < -0.4 is 0 Å². The van der Waals surface area contributed by atoms with Gasteiger partial charge in [-0.05, 0) is 22.0 Å². The van der Waals surface area contributed by atoms with Crippen LogP contribution >= 0.6 is 31.9 Å². The van der Waals surface area contributed by atoms with Crippen LogP contribution in [-0.2, 0) is 0 Å². The quantitative estimate of drug-likeness (QED) is 0.595. The Labute approximate surface area is 74.2 Å². The summed E-state index contributed by atoms with van der Waals surface area (Å²) in [5, 5.41) is 0. The van der Waals surface area contributed by atoms with Gasteiger partial charge in [0.1, 0.15) is 5.83 Å². The smallest absolute Gasteiger partial charge is 0.202 e. The molecule has 0 amide bonds. The molecule has 56 valence electrons. The van der Waals surface area contributed by atoms with Crippen LogP contribution in [0.5, 0.6) is 0 Å². The highest BCUT2D eigenvalue weighted by atomic mass is 79.9. The summed E-state index contributed by atoms with van der Waals surface area (Å²) in [7, 11) is 0. The maximum atomic E-state index is 13.0. The van der Waals surface area contributed by atoms with Crippen molar-refractivity contribution in [2.75, 3.05) is 0 Å². The molecular weight excluding hydrogens is 270 g/mol. The first kappa shape index (κ1) is 8.40. The molecule has 0 N–H and O–H groups in total. The second kappa shape index (κ2) is 2.74.